The van der Waals surface area contributed by atoms with Crippen LogP contribution in [0.4, 0.5) is 11.6 Å². The Morgan fingerprint density at radius 1 is 1.14 bits per heavy atom. The Morgan fingerprint density at radius 3 is 2.62 bits per heavy atom. The van der Waals surface area contributed by atoms with Gasteiger partial charge in [0.05, 0.1) is 10.0 Å². The Bertz CT molecular complexity index is 503. The molecule has 116 valence electrons. The number of piperidine rings is 1. The molecular formula is C15H22Cl2N4. The fourth-order valence-corrected chi connectivity index (χ4v) is 3.94. The summed E-state index contributed by atoms with van der Waals surface area (Å²) in [6, 6.07) is 2.42. The second-order valence-electron chi connectivity index (χ2n) is 5.86. The Hall–Kier alpha value is -0.710. The van der Waals surface area contributed by atoms with Gasteiger partial charge in [0.15, 0.2) is 0 Å². The summed E-state index contributed by atoms with van der Waals surface area (Å²) in [4.78, 5) is 9.51. The topological polar surface area (TPSA) is 31.4 Å². The largest absolute Gasteiger partial charge is 0.372 e. The first-order valence-electron chi connectivity index (χ1n) is 7.72. The number of halogens is 2. The lowest BCUT2D eigenvalue weighted by Gasteiger charge is -2.32. The molecule has 1 unspecified atom stereocenters. The lowest BCUT2D eigenvalue weighted by molar-refractivity contribution is 0.175. The molecule has 0 amide bonds. The van der Waals surface area contributed by atoms with Gasteiger partial charge < -0.3 is 10.2 Å². The first-order chi connectivity index (χ1) is 10.2. The third kappa shape index (κ3) is 3.22. The fraction of sp³-hybridized carbons (Fsp3) is 0.667. The van der Waals surface area contributed by atoms with Crippen LogP contribution in [0.15, 0.2) is 6.07 Å². The molecule has 3 rings (SSSR count). The standard InChI is InChI=1S/C15H22Cl2N4/c1-18-14-12(16)9-13(17)15(19-14)21-8-5-11(10-21)20-6-3-2-4-7-20/h9,11H,2-8,10H2,1H3,(H,18,19). The summed E-state index contributed by atoms with van der Waals surface area (Å²) in [6.07, 6.45) is 5.24. The Balaban J connectivity index is 1.73. The lowest BCUT2D eigenvalue weighted by atomic mass is 10.1. The van der Waals surface area contributed by atoms with E-state index in [1.165, 1.54) is 38.8 Å². The Morgan fingerprint density at radius 2 is 1.90 bits per heavy atom. The van der Waals surface area contributed by atoms with E-state index in [0.717, 1.165) is 18.9 Å². The van der Waals surface area contributed by atoms with Crippen LogP contribution in [0, 0.1) is 0 Å². The molecule has 6 heteroatoms. The van der Waals surface area contributed by atoms with Crippen molar-refractivity contribution < 1.29 is 0 Å². The summed E-state index contributed by atoms with van der Waals surface area (Å²) in [7, 11) is 1.83. The van der Waals surface area contributed by atoms with E-state index in [-0.39, 0.29) is 0 Å². The molecule has 0 aromatic carbocycles. The summed E-state index contributed by atoms with van der Waals surface area (Å²) in [6.45, 7) is 4.50. The average molecular weight is 329 g/mol. The van der Waals surface area contributed by atoms with Crippen molar-refractivity contribution in [1.82, 2.24) is 9.88 Å². The Kier molecular flexibility index (Phi) is 4.77. The van der Waals surface area contributed by atoms with Crippen molar-refractivity contribution in [2.24, 2.45) is 0 Å². The van der Waals surface area contributed by atoms with Crippen molar-refractivity contribution in [2.75, 3.05) is 43.4 Å². The molecule has 0 saturated carbocycles. The van der Waals surface area contributed by atoms with E-state index in [1.807, 2.05) is 7.05 Å². The smallest absolute Gasteiger partial charge is 0.150 e. The van der Waals surface area contributed by atoms with Gasteiger partial charge in [-0.15, -0.1) is 0 Å². The second-order valence-corrected chi connectivity index (χ2v) is 6.67. The molecule has 2 aliphatic heterocycles. The number of nitrogens with one attached hydrogen (secondary N) is 1. The minimum atomic E-state index is 0.568. The molecule has 1 atom stereocenters. The molecule has 21 heavy (non-hydrogen) atoms. The predicted octanol–water partition coefficient (Wildman–Crippen LogP) is 3.49. The van der Waals surface area contributed by atoms with E-state index in [2.05, 4.69) is 20.1 Å². The van der Waals surface area contributed by atoms with Gasteiger partial charge in [-0.3, -0.25) is 4.90 Å². The van der Waals surface area contributed by atoms with Crippen molar-refractivity contribution in [3.8, 4) is 0 Å². The van der Waals surface area contributed by atoms with Gasteiger partial charge in [0, 0.05) is 26.2 Å². The molecule has 0 spiro atoms. The number of nitrogens with zero attached hydrogens (tertiary/aromatic N) is 3. The maximum absolute atomic E-state index is 6.34. The maximum Gasteiger partial charge on any atom is 0.150 e. The van der Waals surface area contributed by atoms with Crippen LogP contribution < -0.4 is 10.2 Å². The first kappa shape index (κ1) is 15.2. The van der Waals surface area contributed by atoms with Crippen LogP contribution in [-0.2, 0) is 0 Å². The van der Waals surface area contributed by atoms with E-state index in [0.29, 0.717) is 21.9 Å². The molecule has 1 aromatic heterocycles. The molecule has 1 aromatic rings. The van der Waals surface area contributed by atoms with Crippen LogP contribution in [0.5, 0.6) is 0 Å². The maximum atomic E-state index is 6.34. The van der Waals surface area contributed by atoms with Crippen molar-refractivity contribution in [1.29, 1.82) is 0 Å². The number of hydrogen-bond acceptors (Lipinski definition) is 4. The minimum absolute atomic E-state index is 0.568. The first-order valence-corrected chi connectivity index (χ1v) is 8.47. The zero-order chi connectivity index (χ0) is 14.8. The van der Waals surface area contributed by atoms with Crippen LogP contribution in [0.25, 0.3) is 0 Å². The van der Waals surface area contributed by atoms with Crippen molar-refractivity contribution >= 4 is 34.8 Å². The summed E-state index contributed by atoms with van der Waals surface area (Å²) in [5.41, 5.74) is 0. The number of hydrogen-bond donors (Lipinski definition) is 1. The van der Waals surface area contributed by atoms with Crippen LogP contribution in [0.2, 0.25) is 10.0 Å². The van der Waals surface area contributed by atoms with Crippen molar-refractivity contribution in [2.45, 2.75) is 31.7 Å². The molecule has 1 N–H and O–H groups in total. The van der Waals surface area contributed by atoms with Crippen LogP contribution in [0.1, 0.15) is 25.7 Å². The normalized spacial score (nSPS) is 23.6. The van der Waals surface area contributed by atoms with Crippen molar-refractivity contribution in [3.05, 3.63) is 16.1 Å². The number of rotatable bonds is 3. The highest BCUT2D eigenvalue weighted by Gasteiger charge is 2.30. The molecule has 4 nitrogen and oxygen atoms in total. The molecule has 2 saturated heterocycles. The van der Waals surface area contributed by atoms with E-state index in [4.69, 9.17) is 23.2 Å². The van der Waals surface area contributed by atoms with E-state index >= 15 is 0 Å². The summed E-state index contributed by atoms with van der Waals surface area (Å²) in [5.74, 6) is 1.54. The molecule has 0 aliphatic carbocycles. The number of anilines is 2. The average Bonchev–Trinajstić information content (AvgIpc) is 2.98. The van der Waals surface area contributed by atoms with Gasteiger partial charge in [-0.05, 0) is 38.4 Å². The quantitative estimate of drug-likeness (QED) is 0.920. The molecule has 0 bridgehead atoms. The highest BCUT2D eigenvalue weighted by Crippen LogP contribution is 2.33. The van der Waals surface area contributed by atoms with Crippen LogP contribution in [0.3, 0.4) is 0 Å². The molecule has 3 heterocycles. The zero-order valence-electron chi connectivity index (χ0n) is 12.4. The van der Waals surface area contributed by atoms with Gasteiger partial charge in [-0.2, -0.15) is 0 Å². The van der Waals surface area contributed by atoms with E-state index < -0.39 is 0 Å². The van der Waals surface area contributed by atoms with Gasteiger partial charge in [-0.1, -0.05) is 29.6 Å². The second kappa shape index (κ2) is 6.59. The van der Waals surface area contributed by atoms with Crippen molar-refractivity contribution in [3.63, 3.8) is 0 Å². The van der Waals surface area contributed by atoms with Crippen LogP contribution in [-0.4, -0.2) is 49.2 Å². The van der Waals surface area contributed by atoms with E-state index in [9.17, 15) is 0 Å². The highest BCUT2D eigenvalue weighted by molar-refractivity contribution is 6.37. The zero-order valence-corrected chi connectivity index (χ0v) is 13.9. The molecular weight excluding hydrogens is 307 g/mol. The SMILES string of the molecule is CNc1nc(N2CCC(N3CCCCC3)C2)c(Cl)cc1Cl. The summed E-state index contributed by atoms with van der Waals surface area (Å²) < 4.78 is 0. The van der Waals surface area contributed by atoms with Gasteiger partial charge in [-0.25, -0.2) is 4.98 Å². The third-order valence-electron chi connectivity index (χ3n) is 4.52. The van der Waals surface area contributed by atoms with Gasteiger partial charge in [0.1, 0.15) is 11.6 Å². The lowest BCUT2D eigenvalue weighted by Crippen LogP contribution is -2.41. The summed E-state index contributed by atoms with van der Waals surface area (Å²) in [5, 5.41) is 4.23. The van der Waals surface area contributed by atoms with Crippen LogP contribution >= 0.6 is 23.2 Å². The predicted molar refractivity (Wildman–Crippen MR) is 89.8 cm³/mol. The third-order valence-corrected chi connectivity index (χ3v) is 5.08. The van der Waals surface area contributed by atoms with Gasteiger partial charge in [0.2, 0.25) is 0 Å². The Labute approximate surface area is 136 Å². The monoisotopic (exact) mass is 328 g/mol. The molecule has 2 aliphatic rings. The number of likely N-dealkylation sites (tertiary alicyclic amines) is 1. The minimum Gasteiger partial charge on any atom is -0.372 e. The molecule has 0 radical (unpaired) electrons. The summed E-state index contributed by atoms with van der Waals surface area (Å²) >= 11 is 12.5. The highest BCUT2D eigenvalue weighted by atomic mass is 35.5. The number of aromatic nitrogens is 1. The fourth-order valence-electron chi connectivity index (χ4n) is 3.37. The molecule has 2 fully saturated rings. The number of pyridine rings is 1. The van der Waals surface area contributed by atoms with Gasteiger partial charge in [0.25, 0.3) is 0 Å². The van der Waals surface area contributed by atoms with E-state index in [1.54, 1.807) is 6.07 Å². The van der Waals surface area contributed by atoms with Gasteiger partial charge >= 0.3 is 0 Å².